The molecule has 0 bridgehead atoms. The Morgan fingerprint density at radius 1 is 1.17 bits per heavy atom. The number of anilines is 1. The monoisotopic (exact) mass is 311 g/mol. The van der Waals surface area contributed by atoms with Crippen LogP contribution >= 0.6 is 0 Å². The van der Waals surface area contributed by atoms with E-state index < -0.39 is 5.91 Å². The molecule has 0 saturated heterocycles. The molecule has 2 aromatic rings. The summed E-state index contributed by atoms with van der Waals surface area (Å²) >= 11 is 0. The number of hydrogen-bond acceptors (Lipinski definition) is 5. The fourth-order valence-electron chi connectivity index (χ4n) is 2.18. The van der Waals surface area contributed by atoms with Crippen LogP contribution in [-0.2, 0) is 4.79 Å². The fraction of sp³-hybridized carbons (Fsp3) is 0.176. The number of carbonyl (C=O) groups is 1. The maximum Gasteiger partial charge on any atom is 0.269 e. The summed E-state index contributed by atoms with van der Waals surface area (Å²) in [5.41, 5.74) is 21.1. The second kappa shape index (κ2) is 7.31. The van der Waals surface area contributed by atoms with E-state index in [1.54, 1.807) is 18.5 Å². The molecule has 0 aliphatic heterocycles. The second-order valence-electron chi connectivity index (χ2n) is 5.09. The largest absolute Gasteiger partial charge is 0.398 e. The molecule has 0 unspecified atom stereocenters. The topological polar surface area (TPSA) is 120 Å². The summed E-state index contributed by atoms with van der Waals surface area (Å²) in [7, 11) is 0. The molecule has 1 aromatic carbocycles. The Bertz CT molecular complexity index is 725. The first-order valence-corrected chi connectivity index (χ1v) is 7.39. The van der Waals surface area contributed by atoms with E-state index in [4.69, 9.17) is 17.2 Å². The van der Waals surface area contributed by atoms with Crippen molar-refractivity contribution in [2.45, 2.75) is 13.3 Å². The van der Waals surface area contributed by atoms with Crippen LogP contribution < -0.4 is 22.5 Å². The minimum atomic E-state index is -0.391. The molecular weight excluding hydrogens is 290 g/mol. The number of pyridine rings is 1. The summed E-state index contributed by atoms with van der Waals surface area (Å²) in [4.78, 5) is 16.0. The average molecular weight is 311 g/mol. The smallest absolute Gasteiger partial charge is 0.269 e. The minimum Gasteiger partial charge on any atom is -0.398 e. The number of rotatable bonds is 5. The van der Waals surface area contributed by atoms with Crippen molar-refractivity contribution in [3.05, 3.63) is 54.0 Å². The molecule has 1 amide bonds. The van der Waals surface area contributed by atoms with Gasteiger partial charge in [-0.15, -0.1) is 0 Å². The molecule has 23 heavy (non-hydrogen) atoms. The zero-order valence-electron chi connectivity index (χ0n) is 13.0. The third kappa shape index (κ3) is 3.60. The van der Waals surface area contributed by atoms with Gasteiger partial charge in [0.2, 0.25) is 0 Å². The van der Waals surface area contributed by atoms with Gasteiger partial charge >= 0.3 is 0 Å². The molecule has 7 N–H and O–H groups in total. The number of benzene rings is 1. The molecule has 1 heterocycles. The normalized spacial score (nSPS) is 11.7. The number of nitrogens with zero attached hydrogens (tertiary/aromatic N) is 1. The van der Waals surface area contributed by atoms with Crippen LogP contribution in [0.5, 0.6) is 0 Å². The van der Waals surface area contributed by atoms with Crippen molar-refractivity contribution < 1.29 is 4.79 Å². The Balaban J connectivity index is 2.42. The van der Waals surface area contributed by atoms with Crippen LogP contribution in [0.25, 0.3) is 16.8 Å². The molecule has 0 radical (unpaired) electrons. The lowest BCUT2D eigenvalue weighted by Crippen LogP contribution is -2.31. The molecule has 2 rings (SSSR count). The quantitative estimate of drug-likeness (QED) is 0.492. The number of hydrogen-bond donors (Lipinski definition) is 4. The number of nitrogens with two attached hydrogens (primary N) is 3. The predicted octanol–water partition coefficient (Wildman–Crippen LogP) is 1.44. The van der Waals surface area contributed by atoms with Crippen LogP contribution in [0.3, 0.4) is 0 Å². The van der Waals surface area contributed by atoms with Gasteiger partial charge in [0.1, 0.15) is 5.70 Å². The zero-order chi connectivity index (χ0) is 16.8. The van der Waals surface area contributed by atoms with Crippen molar-refractivity contribution in [1.82, 2.24) is 10.3 Å². The number of amides is 1. The maximum absolute atomic E-state index is 12.0. The van der Waals surface area contributed by atoms with Crippen molar-refractivity contribution >= 4 is 17.3 Å². The van der Waals surface area contributed by atoms with Gasteiger partial charge in [-0.1, -0.05) is 25.1 Å². The van der Waals surface area contributed by atoms with Crippen molar-refractivity contribution in [3.63, 3.8) is 0 Å². The Morgan fingerprint density at radius 3 is 2.52 bits per heavy atom. The third-order valence-corrected chi connectivity index (χ3v) is 3.46. The second-order valence-corrected chi connectivity index (χ2v) is 5.09. The standard InChI is InChI=1S/C17H21N5O/c1-2-8-22-17(23)16(20)15(19)13-5-3-4-12(14(13)18)11-6-9-21-10-7-11/h3-7,9-10H,2,8,18-20H2,1H3,(H,22,23)/b16-15+. The summed E-state index contributed by atoms with van der Waals surface area (Å²) in [6.07, 6.45) is 4.19. The van der Waals surface area contributed by atoms with Gasteiger partial charge in [-0.25, -0.2) is 0 Å². The Morgan fingerprint density at radius 2 is 1.87 bits per heavy atom. The Hall–Kier alpha value is -3.02. The van der Waals surface area contributed by atoms with Crippen LogP contribution in [0.2, 0.25) is 0 Å². The van der Waals surface area contributed by atoms with Crippen molar-refractivity contribution in [2.24, 2.45) is 11.5 Å². The highest BCUT2D eigenvalue weighted by Crippen LogP contribution is 2.30. The van der Waals surface area contributed by atoms with E-state index in [0.717, 1.165) is 17.5 Å². The fourth-order valence-corrected chi connectivity index (χ4v) is 2.18. The van der Waals surface area contributed by atoms with E-state index >= 15 is 0 Å². The molecule has 0 saturated carbocycles. The zero-order valence-corrected chi connectivity index (χ0v) is 13.0. The van der Waals surface area contributed by atoms with Crippen LogP contribution in [0.1, 0.15) is 18.9 Å². The van der Waals surface area contributed by atoms with Gasteiger partial charge in [0.05, 0.1) is 5.70 Å². The summed E-state index contributed by atoms with van der Waals surface area (Å²) in [6, 6.07) is 9.16. The van der Waals surface area contributed by atoms with Gasteiger partial charge in [0.15, 0.2) is 0 Å². The van der Waals surface area contributed by atoms with Crippen LogP contribution in [0, 0.1) is 0 Å². The first kappa shape index (κ1) is 16.4. The van der Waals surface area contributed by atoms with E-state index in [9.17, 15) is 4.79 Å². The lowest BCUT2D eigenvalue weighted by Gasteiger charge is -2.13. The number of nitrogens with one attached hydrogen (secondary N) is 1. The first-order chi connectivity index (χ1) is 11.1. The van der Waals surface area contributed by atoms with Gasteiger partial charge < -0.3 is 22.5 Å². The SMILES string of the molecule is CCCNC(=O)/C(N)=C(\N)c1cccc(-c2ccncc2)c1N. The lowest BCUT2D eigenvalue weighted by molar-refractivity contribution is -0.117. The molecule has 0 spiro atoms. The third-order valence-electron chi connectivity index (χ3n) is 3.46. The Labute approximate surface area is 135 Å². The Kier molecular flexibility index (Phi) is 5.19. The molecule has 0 aliphatic carbocycles. The van der Waals surface area contributed by atoms with Gasteiger partial charge in [0, 0.05) is 35.8 Å². The molecule has 0 atom stereocenters. The van der Waals surface area contributed by atoms with E-state index in [2.05, 4.69) is 10.3 Å². The van der Waals surface area contributed by atoms with E-state index in [1.165, 1.54) is 0 Å². The minimum absolute atomic E-state index is 0.0305. The average Bonchev–Trinajstić information content (AvgIpc) is 2.59. The summed E-state index contributed by atoms with van der Waals surface area (Å²) < 4.78 is 0. The molecule has 6 heteroatoms. The molecule has 1 aromatic heterocycles. The number of aromatic nitrogens is 1. The van der Waals surface area contributed by atoms with Crippen LogP contribution in [-0.4, -0.2) is 17.4 Å². The maximum atomic E-state index is 12.0. The first-order valence-electron chi connectivity index (χ1n) is 7.39. The van der Waals surface area contributed by atoms with Crippen LogP contribution in [0.15, 0.2) is 48.4 Å². The summed E-state index contributed by atoms with van der Waals surface area (Å²) in [6.45, 7) is 2.50. The summed E-state index contributed by atoms with van der Waals surface area (Å²) in [5, 5.41) is 2.70. The molecule has 0 aliphatic rings. The number of nitrogen functional groups attached to an aromatic ring is 1. The van der Waals surface area contributed by atoms with Crippen molar-refractivity contribution in [1.29, 1.82) is 0 Å². The number of carbonyl (C=O) groups excluding carboxylic acids is 1. The van der Waals surface area contributed by atoms with Crippen molar-refractivity contribution in [3.8, 4) is 11.1 Å². The lowest BCUT2D eigenvalue weighted by atomic mass is 9.99. The molecule has 6 nitrogen and oxygen atoms in total. The van der Waals surface area contributed by atoms with Crippen LogP contribution in [0.4, 0.5) is 5.69 Å². The summed E-state index contributed by atoms with van der Waals surface area (Å²) in [5.74, 6) is -0.391. The van der Waals surface area contributed by atoms with Gasteiger partial charge in [-0.2, -0.15) is 0 Å². The van der Waals surface area contributed by atoms with E-state index in [1.807, 2.05) is 31.2 Å². The van der Waals surface area contributed by atoms with Crippen molar-refractivity contribution in [2.75, 3.05) is 12.3 Å². The van der Waals surface area contributed by atoms with Gasteiger partial charge in [-0.05, 0) is 24.1 Å². The highest BCUT2D eigenvalue weighted by atomic mass is 16.2. The van der Waals surface area contributed by atoms with Gasteiger partial charge in [-0.3, -0.25) is 9.78 Å². The van der Waals surface area contributed by atoms with Gasteiger partial charge in [0.25, 0.3) is 5.91 Å². The highest BCUT2D eigenvalue weighted by Gasteiger charge is 2.15. The van der Waals surface area contributed by atoms with E-state index in [0.29, 0.717) is 17.8 Å². The molecule has 0 fully saturated rings. The number of para-hydroxylation sites is 1. The van der Waals surface area contributed by atoms with E-state index in [-0.39, 0.29) is 11.4 Å². The predicted molar refractivity (Wildman–Crippen MR) is 92.7 cm³/mol. The molecule has 120 valence electrons. The molecular formula is C17H21N5O. The highest BCUT2D eigenvalue weighted by molar-refractivity contribution is 6.01.